The number of aromatic nitrogens is 2. The lowest BCUT2D eigenvalue weighted by Gasteiger charge is -2.19. The normalized spacial score (nSPS) is 11.9. The van der Waals surface area contributed by atoms with Crippen molar-refractivity contribution in [1.82, 2.24) is 9.55 Å². The van der Waals surface area contributed by atoms with Crippen molar-refractivity contribution in [2.45, 2.75) is 40.0 Å². The predicted molar refractivity (Wildman–Crippen MR) is 138 cm³/mol. The van der Waals surface area contributed by atoms with Gasteiger partial charge in [0, 0.05) is 0 Å². The van der Waals surface area contributed by atoms with Gasteiger partial charge in [-0.2, -0.15) is 0 Å². The fourth-order valence-electron chi connectivity index (χ4n) is 4.15. The van der Waals surface area contributed by atoms with E-state index in [4.69, 9.17) is 9.40 Å². The van der Waals surface area contributed by atoms with Gasteiger partial charge in [0.2, 0.25) is 11.7 Å². The number of carbonyl (C=O) groups excluding carboxylic acids is 1. The number of ketones is 1. The molecule has 3 heterocycles. The lowest BCUT2D eigenvalue weighted by Crippen LogP contribution is -2.10. The molecular formula is C28H26N2O4S. The average molecular weight is 487 g/mol. The molecule has 0 fully saturated rings. The summed E-state index contributed by atoms with van der Waals surface area (Å²) in [4.78, 5) is 18.2. The highest BCUT2D eigenvalue weighted by Crippen LogP contribution is 2.45. The fourth-order valence-corrected chi connectivity index (χ4v) is 5.22. The summed E-state index contributed by atoms with van der Waals surface area (Å²) in [6.07, 6.45) is 0. The number of hydrogen-bond acceptors (Lipinski definition) is 6. The number of aromatic hydroxyl groups is 2. The maximum absolute atomic E-state index is 13.5. The van der Waals surface area contributed by atoms with E-state index in [-0.39, 0.29) is 16.7 Å². The van der Waals surface area contributed by atoms with Gasteiger partial charge in [-0.15, -0.1) is 0 Å². The van der Waals surface area contributed by atoms with Gasteiger partial charge in [-0.25, -0.2) is 4.98 Å². The van der Waals surface area contributed by atoms with E-state index in [2.05, 4.69) is 20.8 Å². The van der Waals surface area contributed by atoms with Crippen molar-refractivity contribution in [3.05, 3.63) is 82.8 Å². The molecule has 0 unspecified atom stereocenters. The van der Waals surface area contributed by atoms with Crippen LogP contribution in [-0.2, 0) is 5.41 Å². The van der Waals surface area contributed by atoms with Gasteiger partial charge in [-0.05, 0) is 60.2 Å². The third kappa shape index (κ3) is 3.91. The molecule has 3 aromatic heterocycles. The summed E-state index contributed by atoms with van der Waals surface area (Å²) >= 11 is 1.37. The summed E-state index contributed by atoms with van der Waals surface area (Å²) in [5.41, 5.74) is 3.92. The first-order valence-electron chi connectivity index (χ1n) is 11.3. The minimum Gasteiger partial charge on any atom is -0.503 e. The van der Waals surface area contributed by atoms with E-state index in [1.54, 1.807) is 19.1 Å². The Hall–Kier alpha value is -3.84. The lowest BCUT2D eigenvalue weighted by molar-refractivity contribution is 0.101. The Balaban J connectivity index is 1.78. The lowest BCUT2D eigenvalue weighted by atomic mass is 9.86. The Labute approximate surface area is 207 Å². The number of hydrogen-bond donors (Lipinski definition) is 2. The molecule has 0 atom stereocenters. The number of thiazole rings is 1. The van der Waals surface area contributed by atoms with Crippen molar-refractivity contribution < 1.29 is 19.4 Å². The largest absolute Gasteiger partial charge is 0.503 e. The Morgan fingerprint density at radius 3 is 2.34 bits per heavy atom. The van der Waals surface area contributed by atoms with Crippen molar-refractivity contribution >= 4 is 27.3 Å². The van der Waals surface area contributed by atoms with Crippen molar-refractivity contribution in [3.63, 3.8) is 0 Å². The minimum atomic E-state index is -0.517. The number of benzene rings is 2. The molecule has 6 nitrogen and oxygen atoms in total. The van der Waals surface area contributed by atoms with Gasteiger partial charge < -0.3 is 14.6 Å². The van der Waals surface area contributed by atoms with Gasteiger partial charge in [0.15, 0.2) is 16.6 Å². The van der Waals surface area contributed by atoms with Crippen molar-refractivity contribution in [2.24, 2.45) is 0 Å². The van der Waals surface area contributed by atoms with E-state index < -0.39 is 17.4 Å². The SMILES string of the molecule is Cc1ccc2nc(-n3c(O)c(O)c(C(=O)c4ccc(C)o4)c3-c3ccc(C(C)(C)C)cc3)sc2c1. The summed E-state index contributed by atoms with van der Waals surface area (Å²) in [6.45, 7) is 10.1. The van der Waals surface area contributed by atoms with Crippen molar-refractivity contribution in [1.29, 1.82) is 0 Å². The van der Waals surface area contributed by atoms with Crippen LogP contribution >= 0.6 is 11.3 Å². The van der Waals surface area contributed by atoms with Crippen LogP contribution in [-0.4, -0.2) is 25.5 Å². The molecule has 5 aromatic rings. The highest BCUT2D eigenvalue weighted by atomic mass is 32.1. The smallest absolute Gasteiger partial charge is 0.242 e. The third-order valence-electron chi connectivity index (χ3n) is 6.06. The van der Waals surface area contributed by atoms with Crippen molar-refractivity contribution in [2.75, 3.05) is 0 Å². The van der Waals surface area contributed by atoms with Gasteiger partial charge >= 0.3 is 0 Å². The first-order valence-corrected chi connectivity index (χ1v) is 12.1. The second-order valence-corrected chi connectivity index (χ2v) is 10.8. The number of aryl methyl sites for hydroxylation is 2. The number of nitrogens with zero attached hydrogens (tertiary/aromatic N) is 2. The number of furan rings is 1. The number of fused-ring (bicyclic) bond motifs is 1. The number of rotatable bonds is 4. The van der Waals surface area contributed by atoms with Crippen LogP contribution in [0, 0.1) is 13.8 Å². The molecule has 0 aliphatic rings. The molecule has 0 bridgehead atoms. The molecule has 0 spiro atoms. The predicted octanol–water partition coefficient (Wildman–Crippen LogP) is 6.90. The maximum atomic E-state index is 13.5. The second-order valence-electron chi connectivity index (χ2n) is 9.77. The van der Waals surface area contributed by atoms with Crippen molar-refractivity contribution in [3.8, 4) is 28.0 Å². The summed E-state index contributed by atoms with van der Waals surface area (Å²) in [5, 5.41) is 22.5. The van der Waals surface area contributed by atoms with E-state index >= 15 is 0 Å². The van der Waals surface area contributed by atoms with Crippen LogP contribution in [0.25, 0.3) is 26.6 Å². The summed E-state index contributed by atoms with van der Waals surface area (Å²) < 4.78 is 7.95. The molecule has 5 rings (SSSR count). The Morgan fingerprint density at radius 2 is 1.71 bits per heavy atom. The summed E-state index contributed by atoms with van der Waals surface area (Å²) in [5.74, 6) is -0.801. The average Bonchev–Trinajstić information content (AvgIpc) is 3.49. The number of carbonyl (C=O) groups is 1. The molecule has 0 amide bonds. The fraction of sp³-hybridized carbons (Fsp3) is 0.214. The Morgan fingerprint density at radius 1 is 1.00 bits per heavy atom. The summed E-state index contributed by atoms with van der Waals surface area (Å²) in [7, 11) is 0. The van der Waals surface area contributed by atoms with Gasteiger partial charge in [0.25, 0.3) is 0 Å². The topological polar surface area (TPSA) is 88.5 Å². The van der Waals surface area contributed by atoms with Gasteiger partial charge in [0.05, 0.1) is 21.5 Å². The molecule has 7 heteroatoms. The van der Waals surface area contributed by atoms with Crippen LogP contribution < -0.4 is 0 Å². The van der Waals surface area contributed by atoms with E-state index in [1.807, 2.05) is 49.4 Å². The highest BCUT2D eigenvalue weighted by Gasteiger charge is 2.32. The van der Waals surface area contributed by atoms with Crippen LogP contribution in [0.3, 0.4) is 0 Å². The maximum Gasteiger partial charge on any atom is 0.242 e. The van der Waals surface area contributed by atoms with E-state index in [0.29, 0.717) is 22.1 Å². The molecule has 0 saturated carbocycles. The van der Waals surface area contributed by atoms with Crippen LogP contribution in [0.4, 0.5) is 0 Å². The molecular weight excluding hydrogens is 460 g/mol. The zero-order valence-electron chi connectivity index (χ0n) is 20.2. The third-order valence-corrected chi connectivity index (χ3v) is 7.06. The van der Waals surface area contributed by atoms with Gasteiger partial charge in [-0.1, -0.05) is 62.4 Å². The molecule has 2 N–H and O–H groups in total. The first-order chi connectivity index (χ1) is 16.5. The van der Waals surface area contributed by atoms with Gasteiger partial charge in [-0.3, -0.25) is 9.36 Å². The molecule has 0 saturated heterocycles. The van der Waals surface area contributed by atoms with Crippen LogP contribution in [0.1, 0.15) is 53.8 Å². The summed E-state index contributed by atoms with van der Waals surface area (Å²) in [6, 6.07) is 16.9. The zero-order chi connectivity index (χ0) is 25.1. The Kier molecular flexibility index (Phi) is 5.33. The highest BCUT2D eigenvalue weighted by molar-refractivity contribution is 7.20. The quantitative estimate of drug-likeness (QED) is 0.270. The second kappa shape index (κ2) is 8.13. The Bertz CT molecular complexity index is 1580. The van der Waals surface area contributed by atoms with Crippen LogP contribution in [0.5, 0.6) is 11.6 Å². The molecule has 35 heavy (non-hydrogen) atoms. The molecule has 2 aromatic carbocycles. The molecule has 0 aliphatic heterocycles. The zero-order valence-corrected chi connectivity index (χ0v) is 21.0. The van der Waals surface area contributed by atoms with E-state index in [1.165, 1.54) is 15.9 Å². The first kappa shape index (κ1) is 22.9. The van der Waals surface area contributed by atoms with Gasteiger partial charge in [0.1, 0.15) is 5.76 Å². The molecule has 0 aliphatic carbocycles. The van der Waals surface area contributed by atoms with Crippen LogP contribution in [0.2, 0.25) is 0 Å². The molecule has 178 valence electrons. The standard InChI is InChI=1S/C28H26N2O4S/c1-15-6-12-19-21(14-15)35-27(29-19)30-23(17-8-10-18(11-9-17)28(3,4)5)22(25(32)26(30)33)24(31)20-13-7-16(2)34-20/h6-14,32-33H,1-5H3. The van der Waals surface area contributed by atoms with E-state index in [0.717, 1.165) is 21.3 Å². The van der Waals surface area contributed by atoms with E-state index in [9.17, 15) is 15.0 Å². The minimum absolute atomic E-state index is 0.0317. The van der Waals surface area contributed by atoms with Crippen LogP contribution in [0.15, 0.2) is 59.0 Å². The monoisotopic (exact) mass is 486 g/mol. The molecule has 0 radical (unpaired) electrons.